The average molecular weight is 405 g/mol. The first-order valence-electron chi connectivity index (χ1n) is 10.7. The average Bonchev–Trinajstić information content (AvgIpc) is 2.73. The SMILES string of the molecule is COCC1NC(N2CCN(c3ccc(OC)cc3)CC2)NC(=O)C1CCC(C)C. The first-order valence-corrected chi connectivity index (χ1v) is 10.7. The highest BCUT2D eigenvalue weighted by atomic mass is 16.5. The van der Waals surface area contributed by atoms with Crippen molar-refractivity contribution in [2.24, 2.45) is 11.8 Å². The molecule has 1 amide bonds. The molecule has 0 aromatic heterocycles. The molecule has 162 valence electrons. The number of hydrogen-bond donors (Lipinski definition) is 2. The summed E-state index contributed by atoms with van der Waals surface area (Å²) in [7, 11) is 3.39. The third kappa shape index (κ3) is 5.62. The van der Waals surface area contributed by atoms with Crippen molar-refractivity contribution in [2.75, 3.05) is 51.9 Å². The maximum atomic E-state index is 12.8. The molecule has 2 aliphatic rings. The number of carbonyl (C=O) groups is 1. The van der Waals surface area contributed by atoms with Crippen LogP contribution in [0, 0.1) is 11.8 Å². The van der Waals surface area contributed by atoms with Crippen molar-refractivity contribution >= 4 is 11.6 Å². The van der Waals surface area contributed by atoms with Crippen molar-refractivity contribution in [1.29, 1.82) is 0 Å². The monoisotopic (exact) mass is 404 g/mol. The molecule has 0 spiro atoms. The number of rotatable bonds is 8. The molecule has 2 N–H and O–H groups in total. The van der Waals surface area contributed by atoms with E-state index in [-0.39, 0.29) is 24.2 Å². The molecule has 1 aromatic carbocycles. The van der Waals surface area contributed by atoms with Gasteiger partial charge < -0.3 is 19.7 Å². The van der Waals surface area contributed by atoms with Crippen LogP contribution in [-0.2, 0) is 9.53 Å². The van der Waals surface area contributed by atoms with Gasteiger partial charge in [-0.3, -0.25) is 15.0 Å². The van der Waals surface area contributed by atoms with Crippen molar-refractivity contribution in [3.05, 3.63) is 24.3 Å². The van der Waals surface area contributed by atoms with E-state index < -0.39 is 0 Å². The van der Waals surface area contributed by atoms with Crippen LogP contribution in [0.5, 0.6) is 5.75 Å². The van der Waals surface area contributed by atoms with Crippen LogP contribution in [0.1, 0.15) is 26.7 Å². The van der Waals surface area contributed by atoms with Gasteiger partial charge in [-0.1, -0.05) is 20.3 Å². The number of methoxy groups -OCH3 is 2. The molecular weight excluding hydrogens is 368 g/mol. The summed E-state index contributed by atoms with van der Waals surface area (Å²) in [6.07, 6.45) is 1.81. The first kappa shape index (κ1) is 21.9. The van der Waals surface area contributed by atoms with E-state index in [1.54, 1.807) is 14.2 Å². The number of benzene rings is 1. The van der Waals surface area contributed by atoms with Crippen LogP contribution in [0.15, 0.2) is 24.3 Å². The molecule has 0 bridgehead atoms. The fourth-order valence-corrected chi connectivity index (χ4v) is 4.20. The fraction of sp³-hybridized carbons (Fsp3) is 0.682. The number of amides is 1. The number of anilines is 1. The Labute approximate surface area is 174 Å². The van der Waals surface area contributed by atoms with Gasteiger partial charge in [0, 0.05) is 45.0 Å². The lowest BCUT2D eigenvalue weighted by Gasteiger charge is -2.45. The smallest absolute Gasteiger partial charge is 0.227 e. The van der Waals surface area contributed by atoms with Gasteiger partial charge in [-0.2, -0.15) is 0 Å². The quantitative estimate of drug-likeness (QED) is 0.690. The van der Waals surface area contributed by atoms with Crippen LogP contribution in [0.3, 0.4) is 0 Å². The lowest BCUT2D eigenvalue weighted by molar-refractivity contribution is -0.134. The van der Waals surface area contributed by atoms with Crippen molar-refractivity contribution in [3.63, 3.8) is 0 Å². The molecule has 2 aliphatic heterocycles. The van der Waals surface area contributed by atoms with Gasteiger partial charge in [0.15, 0.2) is 0 Å². The van der Waals surface area contributed by atoms with E-state index >= 15 is 0 Å². The summed E-state index contributed by atoms with van der Waals surface area (Å²) in [4.78, 5) is 17.5. The lowest BCUT2D eigenvalue weighted by atomic mass is 9.89. The third-order valence-corrected chi connectivity index (χ3v) is 5.99. The minimum atomic E-state index is -0.129. The number of piperazine rings is 1. The molecular formula is C22H36N4O3. The Bertz CT molecular complexity index is 644. The molecule has 0 aliphatic carbocycles. The van der Waals surface area contributed by atoms with Crippen molar-refractivity contribution in [2.45, 2.75) is 39.0 Å². The molecule has 0 radical (unpaired) electrons. The van der Waals surface area contributed by atoms with Gasteiger partial charge in [0.2, 0.25) is 5.91 Å². The van der Waals surface area contributed by atoms with Crippen molar-refractivity contribution in [3.8, 4) is 5.75 Å². The fourth-order valence-electron chi connectivity index (χ4n) is 4.20. The second-order valence-corrected chi connectivity index (χ2v) is 8.44. The number of hydrogen-bond acceptors (Lipinski definition) is 6. The Morgan fingerprint density at radius 3 is 2.38 bits per heavy atom. The number of carbonyl (C=O) groups excluding carboxylic acids is 1. The molecule has 0 saturated carbocycles. The van der Waals surface area contributed by atoms with Gasteiger partial charge in [-0.05, 0) is 36.6 Å². The van der Waals surface area contributed by atoms with Crippen LogP contribution in [0.2, 0.25) is 0 Å². The van der Waals surface area contributed by atoms with Gasteiger partial charge >= 0.3 is 0 Å². The minimum Gasteiger partial charge on any atom is -0.497 e. The van der Waals surface area contributed by atoms with E-state index in [4.69, 9.17) is 9.47 Å². The van der Waals surface area contributed by atoms with Gasteiger partial charge in [-0.25, -0.2) is 0 Å². The maximum absolute atomic E-state index is 12.8. The number of nitrogens with one attached hydrogen (secondary N) is 2. The summed E-state index contributed by atoms with van der Waals surface area (Å²) in [5.41, 5.74) is 1.21. The highest BCUT2D eigenvalue weighted by Crippen LogP contribution is 2.23. The zero-order valence-electron chi connectivity index (χ0n) is 18.2. The Kier molecular flexibility index (Phi) is 7.75. The van der Waals surface area contributed by atoms with Crippen LogP contribution < -0.4 is 20.3 Å². The van der Waals surface area contributed by atoms with Crippen LogP contribution in [0.25, 0.3) is 0 Å². The summed E-state index contributed by atoms with van der Waals surface area (Å²) in [6, 6.07) is 8.25. The summed E-state index contributed by atoms with van der Waals surface area (Å²) in [6.45, 7) is 8.58. The molecule has 3 atom stereocenters. The molecule has 2 saturated heterocycles. The van der Waals surface area contributed by atoms with Crippen molar-refractivity contribution in [1.82, 2.24) is 15.5 Å². The van der Waals surface area contributed by atoms with Crippen LogP contribution in [-0.4, -0.2) is 70.1 Å². The molecule has 2 fully saturated rings. The largest absolute Gasteiger partial charge is 0.497 e. The van der Waals surface area contributed by atoms with E-state index in [9.17, 15) is 4.79 Å². The Morgan fingerprint density at radius 1 is 1.10 bits per heavy atom. The molecule has 7 heteroatoms. The van der Waals surface area contributed by atoms with E-state index in [1.165, 1.54) is 5.69 Å². The topological polar surface area (TPSA) is 66.1 Å². The number of ether oxygens (including phenoxy) is 2. The predicted octanol–water partition coefficient (Wildman–Crippen LogP) is 1.89. The van der Waals surface area contributed by atoms with Gasteiger partial charge in [0.25, 0.3) is 0 Å². The Morgan fingerprint density at radius 2 is 1.79 bits per heavy atom. The molecule has 7 nitrogen and oxygen atoms in total. The molecule has 1 aromatic rings. The standard InChI is InChI=1S/C22H36N4O3/c1-16(2)5-10-19-20(15-28-3)23-22(24-21(19)27)26-13-11-25(12-14-26)17-6-8-18(29-4)9-7-17/h6-9,16,19-20,22-23H,5,10-15H2,1-4H3,(H,24,27). The van der Waals surface area contributed by atoms with Crippen LogP contribution in [0.4, 0.5) is 5.69 Å². The van der Waals surface area contributed by atoms with Gasteiger partial charge in [-0.15, -0.1) is 0 Å². The summed E-state index contributed by atoms with van der Waals surface area (Å²) in [5.74, 6) is 1.58. The molecule has 3 unspecified atom stereocenters. The van der Waals surface area contributed by atoms with Crippen molar-refractivity contribution < 1.29 is 14.3 Å². The normalized spacial score (nSPS) is 25.9. The molecule has 29 heavy (non-hydrogen) atoms. The first-order chi connectivity index (χ1) is 14.0. The highest BCUT2D eigenvalue weighted by Gasteiger charge is 2.38. The summed E-state index contributed by atoms with van der Waals surface area (Å²) >= 11 is 0. The second-order valence-electron chi connectivity index (χ2n) is 8.44. The van der Waals surface area contributed by atoms with E-state index in [1.807, 2.05) is 12.1 Å². The third-order valence-electron chi connectivity index (χ3n) is 5.99. The summed E-state index contributed by atoms with van der Waals surface area (Å²) < 4.78 is 10.7. The van der Waals surface area contributed by atoms with Gasteiger partial charge in [0.05, 0.1) is 19.6 Å². The van der Waals surface area contributed by atoms with Gasteiger partial charge in [0.1, 0.15) is 12.0 Å². The lowest BCUT2D eigenvalue weighted by Crippen LogP contribution is -2.70. The van der Waals surface area contributed by atoms with Crippen LogP contribution >= 0.6 is 0 Å². The minimum absolute atomic E-state index is 0.0332. The second kappa shape index (κ2) is 10.3. The molecule has 3 rings (SSSR count). The number of nitrogens with zero attached hydrogens (tertiary/aromatic N) is 2. The highest BCUT2D eigenvalue weighted by molar-refractivity contribution is 5.80. The van der Waals surface area contributed by atoms with E-state index in [2.05, 4.69) is 46.4 Å². The molecule has 2 heterocycles. The zero-order valence-corrected chi connectivity index (χ0v) is 18.2. The Hall–Kier alpha value is -1.83. The predicted molar refractivity (Wildman–Crippen MR) is 115 cm³/mol. The van der Waals surface area contributed by atoms with E-state index in [0.29, 0.717) is 12.5 Å². The zero-order chi connectivity index (χ0) is 20.8. The Balaban J connectivity index is 1.56. The van der Waals surface area contributed by atoms with E-state index in [0.717, 1.165) is 44.8 Å². The maximum Gasteiger partial charge on any atom is 0.227 e. The summed E-state index contributed by atoms with van der Waals surface area (Å²) in [5, 5.41) is 6.84.